The van der Waals surface area contributed by atoms with Gasteiger partial charge in [-0.15, -0.1) is 0 Å². The van der Waals surface area contributed by atoms with E-state index in [9.17, 15) is 5.11 Å². The molecule has 0 saturated heterocycles. The number of anilines is 1. The molecule has 2 N–H and O–H groups in total. The lowest BCUT2D eigenvalue weighted by atomic mass is 10.1. The standard InChI is InChI=1S/C23H24N2O/c1-16-8-7-9-17(2)23(16)24-14-18(26)15-25-21-12-5-3-10-19(21)20-11-4-6-13-22(20)25/h3-13,18,24,26H,14-15H2,1-2H3/t18-/m1/s1. The van der Waals surface area contributed by atoms with Crippen molar-refractivity contribution in [3.8, 4) is 0 Å². The third-order valence-electron chi connectivity index (χ3n) is 5.07. The predicted octanol–water partition coefficient (Wildman–Crippen LogP) is 4.88. The number of aryl methyl sites for hydroxylation is 2. The van der Waals surface area contributed by atoms with Crippen LogP contribution in [0.15, 0.2) is 66.7 Å². The predicted molar refractivity (Wildman–Crippen MR) is 110 cm³/mol. The monoisotopic (exact) mass is 344 g/mol. The molecule has 4 aromatic rings. The first-order valence-electron chi connectivity index (χ1n) is 9.09. The second-order valence-corrected chi connectivity index (χ2v) is 6.95. The number of aliphatic hydroxyl groups is 1. The van der Waals surface area contributed by atoms with Gasteiger partial charge in [-0.05, 0) is 37.1 Å². The molecule has 0 aliphatic carbocycles. The third-order valence-corrected chi connectivity index (χ3v) is 5.07. The minimum absolute atomic E-state index is 0.479. The molecule has 0 aliphatic rings. The van der Waals surface area contributed by atoms with Gasteiger partial charge in [-0.1, -0.05) is 54.6 Å². The van der Waals surface area contributed by atoms with Gasteiger partial charge in [0.1, 0.15) is 0 Å². The lowest BCUT2D eigenvalue weighted by Crippen LogP contribution is -2.25. The Bertz CT molecular complexity index is 991. The molecular formula is C23H24N2O. The number of fused-ring (bicyclic) bond motifs is 3. The lowest BCUT2D eigenvalue weighted by molar-refractivity contribution is 0.169. The molecular weight excluding hydrogens is 320 g/mol. The van der Waals surface area contributed by atoms with Crippen LogP contribution in [-0.2, 0) is 6.54 Å². The summed E-state index contributed by atoms with van der Waals surface area (Å²) in [6, 6.07) is 23.0. The Labute approximate surface area is 153 Å². The van der Waals surface area contributed by atoms with Gasteiger partial charge in [0, 0.05) is 34.0 Å². The van der Waals surface area contributed by atoms with Gasteiger partial charge in [0.05, 0.1) is 12.6 Å². The molecule has 0 unspecified atom stereocenters. The first-order chi connectivity index (χ1) is 12.6. The fourth-order valence-corrected chi connectivity index (χ4v) is 3.79. The summed E-state index contributed by atoms with van der Waals surface area (Å²) in [5.74, 6) is 0. The van der Waals surface area contributed by atoms with E-state index in [0.717, 1.165) is 5.69 Å². The van der Waals surface area contributed by atoms with Gasteiger partial charge in [-0.2, -0.15) is 0 Å². The van der Waals surface area contributed by atoms with Crippen LogP contribution in [0.25, 0.3) is 21.8 Å². The maximum absolute atomic E-state index is 10.7. The van der Waals surface area contributed by atoms with Gasteiger partial charge < -0.3 is 15.0 Å². The van der Waals surface area contributed by atoms with E-state index in [1.54, 1.807) is 0 Å². The number of benzene rings is 3. The average Bonchev–Trinajstić information content (AvgIpc) is 2.96. The summed E-state index contributed by atoms with van der Waals surface area (Å²) in [5, 5.41) is 16.6. The summed E-state index contributed by atoms with van der Waals surface area (Å²) >= 11 is 0. The Kier molecular flexibility index (Phi) is 4.39. The molecule has 3 aromatic carbocycles. The molecule has 0 bridgehead atoms. The highest BCUT2D eigenvalue weighted by Crippen LogP contribution is 2.29. The largest absolute Gasteiger partial charge is 0.389 e. The third kappa shape index (κ3) is 2.95. The van der Waals surface area contributed by atoms with Gasteiger partial charge in [-0.25, -0.2) is 0 Å². The fourth-order valence-electron chi connectivity index (χ4n) is 3.79. The molecule has 0 radical (unpaired) electrons. The van der Waals surface area contributed by atoms with Crippen molar-refractivity contribution < 1.29 is 5.11 Å². The maximum atomic E-state index is 10.7. The fraction of sp³-hybridized carbons (Fsp3) is 0.217. The van der Waals surface area contributed by atoms with Gasteiger partial charge in [0.25, 0.3) is 0 Å². The number of aromatic nitrogens is 1. The van der Waals surface area contributed by atoms with Crippen LogP contribution < -0.4 is 5.32 Å². The molecule has 3 nitrogen and oxygen atoms in total. The van der Waals surface area contributed by atoms with Crippen LogP contribution >= 0.6 is 0 Å². The molecule has 4 rings (SSSR count). The Balaban J connectivity index is 1.60. The molecule has 0 aliphatic heterocycles. The quantitative estimate of drug-likeness (QED) is 0.541. The smallest absolute Gasteiger partial charge is 0.0891 e. The van der Waals surface area contributed by atoms with Crippen LogP contribution in [0.2, 0.25) is 0 Å². The van der Waals surface area contributed by atoms with Gasteiger partial charge in [0.2, 0.25) is 0 Å². The van der Waals surface area contributed by atoms with Gasteiger partial charge >= 0.3 is 0 Å². The molecule has 26 heavy (non-hydrogen) atoms. The molecule has 3 heteroatoms. The summed E-state index contributed by atoms with van der Waals surface area (Å²) in [7, 11) is 0. The van der Waals surface area contributed by atoms with Crippen LogP contribution in [0.5, 0.6) is 0 Å². The van der Waals surface area contributed by atoms with E-state index >= 15 is 0 Å². The zero-order valence-electron chi connectivity index (χ0n) is 15.2. The number of rotatable bonds is 5. The van der Waals surface area contributed by atoms with E-state index in [1.165, 1.54) is 32.9 Å². The molecule has 0 spiro atoms. The maximum Gasteiger partial charge on any atom is 0.0891 e. The van der Waals surface area contributed by atoms with E-state index in [2.05, 4.69) is 90.5 Å². The number of nitrogens with zero attached hydrogens (tertiary/aromatic N) is 1. The molecule has 1 aromatic heterocycles. The average molecular weight is 344 g/mol. The minimum Gasteiger partial charge on any atom is -0.389 e. The summed E-state index contributed by atoms with van der Waals surface area (Å²) in [6.45, 7) is 5.27. The van der Waals surface area contributed by atoms with E-state index in [0.29, 0.717) is 13.1 Å². The van der Waals surface area contributed by atoms with Crippen LogP contribution in [-0.4, -0.2) is 22.3 Å². The highest BCUT2D eigenvalue weighted by molar-refractivity contribution is 6.07. The first kappa shape index (κ1) is 16.7. The van der Waals surface area contributed by atoms with Crippen molar-refractivity contribution in [1.82, 2.24) is 4.57 Å². The number of hydrogen-bond donors (Lipinski definition) is 2. The van der Waals surface area contributed by atoms with E-state index in [4.69, 9.17) is 0 Å². The zero-order chi connectivity index (χ0) is 18.1. The molecule has 1 atom stereocenters. The Hall–Kier alpha value is -2.78. The Morgan fingerprint density at radius 3 is 1.92 bits per heavy atom. The van der Waals surface area contributed by atoms with Crippen LogP contribution in [0.3, 0.4) is 0 Å². The zero-order valence-corrected chi connectivity index (χ0v) is 15.2. The molecule has 132 valence electrons. The molecule has 0 amide bonds. The summed E-state index contributed by atoms with van der Waals surface area (Å²) in [5.41, 5.74) is 5.86. The van der Waals surface area contributed by atoms with Crippen LogP contribution in [0, 0.1) is 13.8 Å². The van der Waals surface area contributed by atoms with E-state index in [-0.39, 0.29) is 0 Å². The van der Waals surface area contributed by atoms with Crippen molar-refractivity contribution in [3.05, 3.63) is 77.9 Å². The van der Waals surface area contributed by atoms with E-state index < -0.39 is 6.10 Å². The minimum atomic E-state index is -0.479. The van der Waals surface area contributed by atoms with Crippen molar-refractivity contribution in [2.75, 3.05) is 11.9 Å². The van der Waals surface area contributed by atoms with Crippen molar-refractivity contribution >= 4 is 27.5 Å². The van der Waals surface area contributed by atoms with Crippen molar-refractivity contribution in [3.63, 3.8) is 0 Å². The Morgan fingerprint density at radius 1 is 0.808 bits per heavy atom. The summed E-state index contributed by atoms with van der Waals surface area (Å²) in [4.78, 5) is 0. The van der Waals surface area contributed by atoms with Crippen LogP contribution in [0.4, 0.5) is 5.69 Å². The van der Waals surface area contributed by atoms with Crippen LogP contribution in [0.1, 0.15) is 11.1 Å². The van der Waals surface area contributed by atoms with Crippen molar-refractivity contribution in [2.45, 2.75) is 26.5 Å². The summed E-state index contributed by atoms with van der Waals surface area (Å²) in [6.07, 6.45) is -0.479. The molecule has 1 heterocycles. The van der Waals surface area contributed by atoms with E-state index in [1.807, 2.05) is 0 Å². The second-order valence-electron chi connectivity index (χ2n) is 6.95. The highest BCUT2D eigenvalue weighted by atomic mass is 16.3. The van der Waals surface area contributed by atoms with Gasteiger partial charge in [0.15, 0.2) is 0 Å². The first-order valence-corrected chi connectivity index (χ1v) is 9.09. The SMILES string of the molecule is Cc1cccc(C)c1NC[C@@H](O)Cn1c2ccccc2c2ccccc21. The second kappa shape index (κ2) is 6.85. The topological polar surface area (TPSA) is 37.2 Å². The molecule has 0 saturated carbocycles. The number of para-hydroxylation sites is 3. The lowest BCUT2D eigenvalue weighted by Gasteiger charge is -2.18. The van der Waals surface area contributed by atoms with Gasteiger partial charge in [-0.3, -0.25) is 0 Å². The molecule has 0 fully saturated rings. The highest BCUT2D eigenvalue weighted by Gasteiger charge is 2.13. The number of nitrogens with one attached hydrogen (secondary N) is 1. The van der Waals surface area contributed by atoms with Crippen molar-refractivity contribution in [1.29, 1.82) is 0 Å². The Morgan fingerprint density at radius 2 is 1.35 bits per heavy atom. The van der Waals surface area contributed by atoms with Crippen molar-refractivity contribution in [2.24, 2.45) is 0 Å². The summed E-state index contributed by atoms with van der Waals surface area (Å²) < 4.78 is 2.22. The number of hydrogen-bond acceptors (Lipinski definition) is 2. The number of aliphatic hydroxyl groups excluding tert-OH is 1. The normalized spacial score (nSPS) is 12.6.